The summed E-state index contributed by atoms with van der Waals surface area (Å²) in [5, 5.41) is 4.16. The zero-order chi connectivity index (χ0) is 22.4. The summed E-state index contributed by atoms with van der Waals surface area (Å²) in [7, 11) is -3.56. The van der Waals surface area contributed by atoms with Crippen LogP contribution in [-0.4, -0.2) is 50.3 Å². The van der Waals surface area contributed by atoms with Crippen LogP contribution in [0.2, 0.25) is 0 Å². The number of amides is 1. The lowest BCUT2D eigenvalue weighted by molar-refractivity contribution is -0.117. The van der Waals surface area contributed by atoms with Crippen molar-refractivity contribution >= 4 is 38.3 Å². The van der Waals surface area contributed by atoms with Crippen LogP contribution in [0.4, 0.5) is 5.69 Å². The normalized spacial score (nSPS) is 16.0. The van der Waals surface area contributed by atoms with Gasteiger partial charge in [-0.25, -0.2) is 8.42 Å². The molecular weight excluding hydrogens is 416 g/mol. The highest BCUT2D eigenvalue weighted by atomic mass is 32.2. The number of aliphatic imine (C=N–C) groups is 1. The first kappa shape index (κ1) is 23.0. The van der Waals surface area contributed by atoms with Crippen LogP contribution in [0.15, 0.2) is 46.3 Å². The molecule has 31 heavy (non-hydrogen) atoms. The average molecular weight is 447 g/mol. The van der Waals surface area contributed by atoms with Crippen molar-refractivity contribution in [3.63, 3.8) is 0 Å². The molecule has 1 heterocycles. The van der Waals surface area contributed by atoms with E-state index in [4.69, 9.17) is 17.2 Å². The third kappa shape index (κ3) is 5.72. The Kier molecular flexibility index (Phi) is 7.47. The van der Waals surface area contributed by atoms with Gasteiger partial charge in [0.1, 0.15) is 0 Å². The molecule has 0 aliphatic carbocycles. The SMILES string of the molecule is NC(N)=NCCC[C@H](N)C(=O)Nc1ccc2c(S(=O)(=O)N3CCCCC3)cccc2c1. The minimum absolute atomic E-state index is 0.0101. The molecule has 1 aliphatic heterocycles. The third-order valence-corrected chi connectivity index (χ3v) is 7.30. The molecule has 3 rings (SSSR count). The van der Waals surface area contributed by atoms with Gasteiger partial charge in [-0.2, -0.15) is 4.31 Å². The second kappa shape index (κ2) is 10.1. The molecule has 0 bridgehead atoms. The molecule has 7 N–H and O–H groups in total. The van der Waals surface area contributed by atoms with Crippen molar-refractivity contribution in [2.45, 2.75) is 43.0 Å². The number of anilines is 1. The van der Waals surface area contributed by atoms with Crippen LogP contribution in [0, 0.1) is 0 Å². The quantitative estimate of drug-likeness (QED) is 0.272. The Morgan fingerprint density at radius 3 is 2.58 bits per heavy atom. The van der Waals surface area contributed by atoms with E-state index in [-0.39, 0.29) is 11.9 Å². The maximum Gasteiger partial charge on any atom is 0.243 e. The van der Waals surface area contributed by atoms with E-state index in [1.807, 2.05) is 6.07 Å². The van der Waals surface area contributed by atoms with E-state index in [0.29, 0.717) is 48.4 Å². The van der Waals surface area contributed by atoms with Gasteiger partial charge in [-0.15, -0.1) is 0 Å². The van der Waals surface area contributed by atoms with Crippen molar-refractivity contribution in [3.05, 3.63) is 36.4 Å². The van der Waals surface area contributed by atoms with E-state index in [0.717, 1.165) is 24.6 Å². The summed E-state index contributed by atoms with van der Waals surface area (Å²) in [5.74, 6) is -0.308. The number of carbonyl (C=O) groups excluding carboxylic acids is 1. The van der Waals surface area contributed by atoms with Gasteiger partial charge in [0.2, 0.25) is 15.9 Å². The first-order valence-electron chi connectivity index (χ1n) is 10.4. The highest BCUT2D eigenvalue weighted by molar-refractivity contribution is 7.89. The molecule has 1 amide bonds. The van der Waals surface area contributed by atoms with Crippen LogP contribution in [-0.2, 0) is 14.8 Å². The van der Waals surface area contributed by atoms with E-state index < -0.39 is 16.1 Å². The number of carbonyl (C=O) groups is 1. The van der Waals surface area contributed by atoms with E-state index in [1.54, 1.807) is 34.6 Å². The summed E-state index contributed by atoms with van der Waals surface area (Å²) in [6.07, 6.45) is 3.84. The predicted molar refractivity (Wildman–Crippen MR) is 123 cm³/mol. The number of nitrogens with two attached hydrogens (primary N) is 3. The van der Waals surface area contributed by atoms with Crippen LogP contribution in [0.3, 0.4) is 0 Å². The fraction of sp³-hybridized carbons (Fsp3) is 0.429. The first-order chi connectivity index (χ1) is 14.8. The van der Waals surface area contributed by atoms with Crippen LogP contribution >= 0.6 is 0 Å². The number of hydrogen-bond acceptors (Lipinski definition) is 5. The highest BCUT2D eigenvalue weighted by Gasteiger charge is 2.27. The van der Waals surface area contributed by atoms with Crippen molar-refractivity contribution in [1.29, 1.82) is 0 Å². The number of nitrogens with one attached hydrogen (secondary N) is 1. The first-order valence-corrected chi connectivity index (χ1v) is 11.9. The molecule has 10 heteroatoms. The minimum atomic E-state index is -3.56. The number of sulfonamides is 1. The van der Waals surface area contributed by atoms with Gasteiger partial charge in [-0.05, 0) is 49.3 Å². The van der Waals surface area contributed by atoms with Crippen molar-refractivity contribution in [2.24, 2.45) is 22.2 Å². The summed E-state index contributed by atoms with van der Waals surface area (Å²) in [6.45, 7) is 1.51. The zero-order valence-electron chi connectivity index (χ0n) is 17.5. The Hall–Kier alpha value is -2.69. The molecule has 0 aromatic heterocycles. The van der Waals surface area contributed by atoms with Crippen LogP contribution in [0.5, 0.6) is 0 Å². The summed E-state index contributed by atoms with van der Waals surface area (Å²) >= 11 is 0. The second-order valence-electron chi connectivity index (χ2n) is 7.70. The Labute approximate surface area is 182 Å². The Bertz CT molecular complexity index is 1060. The number of piperidine rings is 1. The predicted octanol–water partition coefficient (Wildman–Crippen LogP) is 1.33. The molecule has 1 aliphatic rings. The Morgan fingerprint density at radius 1 is 1.13 bits per heavy atom. The molecule has 2 aromatic rings. The molecular formula is C21H30N6O3S. The highest BCUT2D eigenvalue weighted by Crippen LogP contribution is 2.29. The van der Waals surface area contributed by atoms with Crippen molar-refractivity contribution in [1.82, 2.24) is 4.31 Å². The van der Waals surface area contributed by atoms with Gasteiger partial charge >= 0.3 is 0 Å². The zero-order valence-corrected chi connectivity index (χ0v) is 18.3. The van der Waals surface area contributed by atoms with Crippen LogP contribution in [0.1, 0.15) is 32.1 Å². The number of fused-ring (bicyclic) bond motifs is 1. The molecule has 0 radical (unpaired) electrons. The summed E-state index contributed by atoms with van der Waals surface area (Å²) in [6, 6.07) is 9.67. The maximum absolute atomic E-state index is 13.1. The number of benzene rings is 2. The van der Waals surface area contributed by atoms with E-state index in [2.05, 4.69) is 10.3 Å². The van der Waals surface area contributed by atoms with Gasteiger partial charge in [0.25, 0.3) is 0 Å². The van der Waals surface area contributed by atoms with E-state index in [1.165, 1.54) is 0 Å². The molecule has 9 nitrogen and oxygen atoms in total. The number of guanidine groups is 1. The van der Waals surface area contributed by atoms with Crippen LogP contribution in [0.25, 0.3) is 10.8 Å². The smallest absolute Gasteiger partial charge is 0.243 e. The molecule has 1 fully saturated rings. The summed E-state index contributed by atoms with van der Waals surface area (Å²) in [4.78, 5) is 16.5. The lowest BCUT2D eigenvalue weighted by Crippen LogP contribution is -2.36. The fourth-order valence-corrected chi connectivity index (χ4v) is 5.42. The minimum Gasteiger partial charge on any atom is -0.370 e. The standard InChI is InChI=1S/C21H30N6O3S/c22-18(7-5-11-25-21(23)24)20(28)26-16-9-10-17-15(14-16)6-4-8-19(17)31(29,30)27-12-2-1-3-13-27/h4,6,8-10,14,18H,1-3,5,7,11-13,22H2,(H,26,28)(H4,23,24,25)/t18-/m0/s1. The lowest BCUT2D eigenvalue weighted by Gasteiger charge is -2.26. The summed E-state index contributed by atoms with van der Waals surface area (Å²) < 4.78 is 27.8. The molecule has 0 saturated carbocycles. The largest absolute Gasteiger partial charge is 0.370 e. The maximum atomic E-state index is 13.1. The number of rotatable bonds is 8. The molecule has 168 valence electrons. The van der Waals surface area contributed by atoms with Gasteiger partial charge in [0.05, 0.1) is 10.9 Å². The molecule has 0 unspecified atom stereocenters. The third-order valence-electron chi connectivity index (χ3n) is 5.35. The topological polar surface area (TPSA) is 157 Å². The van der Waals surface area contributed by atoms with Gasteiger partial charge in [0, 0.05) is 30.7 Å². The Balaban J connectivity index is 1.73. The van der Waals surface area contributed by atoms with Gasteiger partial charge in [-0.3, -0.25) is 9.79 Å². The molecule has 1 saturated heterocycles. The van der Waals surface area contributed by atoms with Crippen molar-refractivity contribution in [2.75, 3.05) is 25.0 Å². The van der Waals surface area contributed by atoms with Gasteiger partial charge < -0.3 is 22.5 Å². The molecule has 0 spiro atoms. The van der Waals surface area contributed by atoms with E-state index in [9.17, 15) is 13.2 Å². The van der Waals surface area contributed by atoms with Crippen molar-refractivity contribution in [3.8, 4) is 0 Å². The van der Waals surface area contributed by atoms with Crippen LogP contribution < -0.4 is 22.5 Å². The average Bonchev–Trinajstić information content (AvgIpc) is 2.76. The second-order valence-corrected chi connectivity index (χ2v) is 9.61. The summed E-state index contributed by atoms with van der Waals surface area (Å²) in [5.41, 5.74) is 17.1. The number of nitrogens with zero attached hydrogens (tertiary/aromatic N) is 2. The van der Waals surface area contributed by atoms with Crippen molar-refractivity contribution < 1.29 is 13.2 Å². The monoisotopic (exact) mass is 446 g/mol. The number of hydrogen-bond donors (Lipinski definition) is 4. The molecule has 1 atom stereocenters. The van der Waals surface area contributed by atoms with Gasteiger partial charge in [0.15, 0.2) is 5.96 Å². The van der Waals surface area contributed by atoms with E-state index >= 15 is 0 Å². The lowest BCUT2D eigenvalue weighted by atomic mass is 10.1. The Morgan fingerprint density at radius 2 is 1.87 bits per heavy atom. The van der Waals surface area contributed by atoms with Gasteiger partial charge in [-0.1, -0.05) is 24.6 Å². The molecule has 2 aromatic carbocycles. The fourth-order valence-electron chi connectivity index (χ4n) is 3.69.